The lowest BCUT2D eigenvalue weighted by molar-refractivity contribution is 0.318. The molecule has 0 saturated carbocycles. The highest BCUT2D eigenvalue weighted by atomic mass is 32.2. The zero-order valence-corrected chi connectivity index (χ0v) is 19.0. The highest BCUT2D eigenvalue weighted by molar-refractivity contribution is 7.99. The van der Waals surface area contributed by atoms with E-state index in [0.717, 1.165) is 46.3 Å². The molecule has 0 aliphatic carbocycles. The second-order valence-electron chi connectivity index (χ2n) is 7.80. The quantitative estimate of drug-likeness (QED) is 0.270. The number of hydrogen-bond acceptors (Lipinski definition) is 5. The Hall–Kier alpha value is -1.63. The minimum atomic E-state index is 0.0942. The summed E-state index contributed by atoms with van der Waals surface area (Å²) < 4.78 is 1.84. The molecule has 3 aromatic rings. The first-order valence-electron chi connectivity index (χ1n) is 10.6. The number of thiophene rings is 1. The molecule has 1 aliphatic heterocycles. The van der Waals surface area contributed by atoms with Crippen LogP contribution in [0, 0.1) is 0 Å². The molecule has 154 valence electrons. The van der Waals surface area contributed by atoms with Crippen molar-refractivity contribution >= 4 is 33.3 Å². The second-order valence-corrected chi connectivity index (χ2v) is 9.95. The minimum Gasteiger partial charge on any atom is -0.301 e. The van der Waals surface area contributed by atoms with Crippen molar-refractivity contribution in [2.75, 3.05) is 19.3 Å². The Kier molecular flexibility index (Phi) is 6.73. The summed E-state index contributed by atoms with van der Waals surface area (Å²) in [5, 5.41) is 1.67. The molecule has 0 N–H and O–H groups in total. The number of fused-ring (bicyclic) bond motifs is 3. The van der Waals surface area contributed by atoms with Crippen LogP contribution in [0.4, 0.5) is 0 Å². The zero-order valence-electron chi connectivity index (χ0n) is 17.3. The van der Waals surface area contributed by atoms with Gasteiger partial charge in [-0.15, -0.1) is 11.3 Å². The Morgan fingerprint density at radius 3 is 2.72 bits per heavy atom. The number of nitrogens with zero attached hydrogens (tertiary/aromatic N) is 3. The zero-order chi connectivity index (χ0) is 20.2. The fourth-order valence-corrected chi connectivity index (χ4v) is 6.27. The first-order chi connectivity index (χ1) is 14.2. The van der Waals surface area contributed by atoms with Crippen LogP contribution in [0.25, 0.3) is 15.9 Å². The van der Waals surface area contributed by atoms with Gasteiger partial charge in [0.1, 0.15) is 4.83 Å². The number of rotatable bonds is 8. The van der Waals surface area contributed by atoms with Crippen molar-refractivity contribution in [2.24, 2.45) is 0 Å². The molecule has 0 radical (unpaired) electrons. The lowest BCUT2D eigenvalue weighted by Crippen LogP contribution is -2.27. The van der Waals surface area contributed by atoms with E-state index in [1.54, 1.807) is 23.1 Å². The van der Waals surface area contributed by atoms with Gasteiger partial charge in [-0.2, -0.15) is 0 Å². The number of unbranched alkanes of at least 4 members (excludes halogenated alkanes) is 4. The van der Waals surface area contributed by atoms with Crippen LogP contribution in [0.1, 0.15) is 49.5 Å². The predicted molar refractivity (Wildman–Crippen MR) is 125 cm³/mol. The van der Waals surface area contributed by atoms with Gasteiger partial charge >= 0.3 is 0 Å². The third kappa shape index (κ3) is 4.44. The molecule has 1 aliphatic rings. The smallest absolute Gasteiger partial charge is 0.267 e. The molecular formula is C23H29N3OS2. The van der Waals surface area contributed by atoms with Crippen LogP contribution in [-0.2, 0) is 13.0 Å². The summed E-state index contributed by atoms with van der Waals surface area (Å²) >= 11 is 3.43. The number of benzene rings is 1. The Morgan fingerprint density at radius 2 is 1.93 bits per heavy atom. The van der Waals surface area contributed by atoms with Crippen molar-refractivity contribution in [3.8, 4) is 5.69 Å². The van der Waals surface area contributed by atoms with Crippen LogP contribution >= 0.6 is 23.1 Å². The number of likely N-dealkylation sites (N-methyl/N-ethyl adjacent to an activating group) is 1. The fourth-order valence-electron chi connectivity index (χ4n) is 3.92. The van der Waals surface area contributed by atoms with Crippen molar-refractivity contribution in [1.82, 2.24) is 14.5 Å². The van der Waals surface area contributed by atoms with Gasteiger partial charge in [0, 0.05) is 23.7 Å². The van der Waals surface area contributed by atoms with Crippen molar-refractivity contribution in [3.05, 3.63) is 51.1 Å². The Balaban J connectivity index is 1.72. The van der Waals surface area contributed by atoms with Crippen LogP contribution in [0.5, 0.6) is 0 Å². The van der Waals surface area contributed by atoms with Crippen molar-refractivity contribution in [3.63, 3.8) is 0 Å². The lowest BCUT2D eigenvalue weighted by Gasteiger charge is -2.21. The Bertz CT molecular complexity index is 1030. The minimum absolute atomic E-state index is 0.0942. The molecule has 0 atom stereocenters. The monoisotopic (exact) mass is 427 g/mol. The molecule has 6 heteroatoms. The maximum absolute atomic E-state index is 13.6. The summed E-state index contributed by atoms with van der Waals surface area (Å²) in [6, 6.07) is 9.98. The SMILES string of the molecule is CCCCCCCSc1nc2sc3c(c2c(=O)n1-c1ccccc1)CCN(C)C3. The van der Waals surface area contributed by atoms with Gasteiger partial charge in [0.15, 0.2) is 5.16 Å². The van der Waals surface area contributed by atoms with E-state index in [4.69, 9.17) is 4.98 Å². The summed E-state index contributed by atoms with van der Waals surface area (Å²) in [6.45, 7) is 4.16. The van der Waals surface area contributed by atoms with Crippen LogP contribution in [0.2, 0.25) is 0 Å². The van der Waals surface area contributed by atoms with Crippen molar-refractivity contribution in [2.45, 2.75) is 57.1 Å². The average Bonchev–Trinajstić information content (AvgIpc) is 3.08. The molecule has 0 unspecified atom stereocenters. The summed E-state index contributed by atoms with van der Waals surface area (Å²) in [7, 11) is 2.14. The first-order valence-corrected chi connectivity index (χ1v) is 12.4. The van der Waals surface area contributed by atoms with Crippen LogP contribution in [-0.4, -0.2) is 33.8 Å². The lowest BCUT2D eigenvalue weighted by atomic mass is 10.1. The molecule has 4 rings (SSSR count). The predicted octanol–water partition coefficient (Wildman–Crippen LogP) is 5.50. The molecule has 0 bridgehead atoms. The molecular weight excluding hydrogens is 398 g/mol. The van der Waals surface area contributed by atoms with E-state index in [1.807, 2.05) is 34.9 Å². The molecule has 0 spiro atoms. The molecule has 0 amide bonds. The van der Waals surface area contributed by atoms with Crippen molar-refractivity contribution < 1.29 is 0 Å². The molecule has 4 nitrogen and oxygen atoms in total. The standard InChI is InChI=1S/C23H29N3OS2/c1-3-4-5-6-10-15-28-23-24-21-20(18-13-14-25(2)16-19(18)29-21)22(27)26(23)17-11-8-7-9-12-17/h7-9,11-12H,3-6,10,13-16H2,1-2H3. The maximum Gasteiger partial charge on any atom is 0.267 e. The average molecular weight is 428 g/mol. The van der Waals surface area contributed by atoms with E-state index in [2.05, 4.69) is 18.9 Å². The molecule has 29 heavy (non-hydrogen) atoms. The van der Waals surface area contributed by atoms with Crippen LogP contribution in [0.15, 0.2) is 40.3 Å². The van der Waals surface area contributed by atoms with Gasteiger partial charge in [0.05, 0.1) is 11.1 Å². The fraction of sp³-hybridized carbons (Fsp3) is 0.478. The summed E-state index contributed by atoms with van der Waals surface area (Å²) in [4.78, 5) is 23.2. The van der Waals surface area contributed by atoms with E-state index in [9.17, 15) is 4.79 Å². The van der Waals surface area contributed by atoms with Crippen LogP contribution < -0.4 is 5.56 Å². The van der Waals surface area contributed by atoms with E-state index in [-0.39, 0.29) is 5.56 Å². The van der Waals surface area contributed by atoms with Gasteiger partial charge < -0.3 is 4.90 Å². The highest BCUT2D eigenvalue weighted by Crippen LogP contribution is 2.34. The normalized spacial score (nSPS) is 14.4. The first kappa shape index (κ1) is 20.6. The number of thioether (sulfide) groups is 1. The molecule has 1 aromatic carbocycles. The van der Waals surface area contributed by atoms with Gasteiger partial charge in [-0.25, -0.2) is 4.98 Å². The molecule has 0 fully saturated rings. The van der Waals surface area contributed by atoms with Gasteiger partial charge in [0.25, 0.3) is 5.56 Å². The second kappa shape index (κ2) is 9.45. The van der Waals surface area contributed by atoms with Gasteiger partial charge in [-0.3, -0.25) is 9.36 Å². The van der Waals surface area contributed by atoms with Crippen LogP contribution in [0.3, 0.4) is 0 Å². The third-order valence-electron chi connectivity index (χ3n) is 5.53. The topological polar surface area (TPSA) is 38.1 Å². The molecule has 2 aromatic heterocycles. The molecule has 3 heterocycles. The number of hydrogen-bond donors (Lipinski definition) is 0. The van der Waals surface area contributed by atoms with E-state index in [0.29, 0.717) is 0 Å². The van der Waals surface area contributed by atoms with Gasteiger partial charge in [0.2, 0.25) is 0 Å². The highest BCUT2D eigenvalue weighted by Gasteiger charge is 2.24. The third-order valence-corrected chi connectivity index (χ3v) is 7.66. The van der Waals surface area contributed by atoms with E-state index >= 15 is 0 Å². The summed E-state index contributed by atoms with van der Waals surface area (Å²) in [6.07, 6.45) is 7.20. The Morgan fingerprint density at radius 1 is 1.14 bits per heavy atom. The van der Waals surface area contributed by atoms with E-state index in [1.165, 1.54) is 42.5 Å². The molecule has 0 saturated heterocycles. The number of aromatic nitrogens is 2. The van der Waals surface area contributed by atoms with Gasteiger partial charge in [-0.1, -0.05) is 62.6 Å². The number of para-hydroxylation sites is 1. The Labute approximate surface area is 181 Å². The van der Waals surface area contributed by atoms with Gasteiger partial charge in [-0.05, 0) is 37.6 Å². The largest absolute Gasteiger partial charge is 0.301 e. The summed E-state index contributed by atoms with van der Waals surface area (Å²) in [5.41, 5.74) is 2.23. The van der Waals surface area contributed by atoms with Crippen molar-refractivity contribution in [1.29, 1.82) is 0 Å². The summed E-state index contributed by atoms with van der Waals surface area (Å²) in [5.74, 6) is 1.00. The maximum atomic E-state index is 13.6. The van der Waals surface area contributed by atoms with E-state index < -0.39 is 0 Å².